The fourth-order valence-electron chi connectivity index (χ4n) is 2.74. The molecule has 1 saturated heterocycles. The third-order valence-corrected chi connectivity index (χ3v) is 4.72. The van der Waals surface area contributed by atoms with E-state index in [1.54, 1.807) is 0 Å². The van der Waals surface area contributed by atoms with E-state index in [0.717, 1.165) is 48.4 Å². The third-order valence-electron chi connectivity index (χ3n) is 4.06. The van der Waals surface area contributed by atoms with Crippen LogP contribution in [0.5, 0.6) is 0 Å². The molecule has 1 aliphatic heterocycles. The highest BCUT2D eigenvalue weighted by molar-refractivity contribution is 9.10. The predicted octanol–water partition coefficient (Wildman–Crippen LogP) is 3.64. The lowest BCUT2D eigenvalue weighted by atomic mass is 9.93. The number of hydrogen-bond donors (Lipinski definition) is 1. The Morgan fingerprint density at radius 2 is 2.05 bits per heavy atom. The van der Waals surface area contributed by atoms with Crippen molar-refractivity contribution in [2.24, 2.45) is 5.92 Å². The number of likely N-dealkylation sites (tertiary alicyclic amines) is 1. The van der Waals surface area contributed by atoms with Crippen LogP contribution in [-0.2, 0) is 0 Å². The Hall–Kier alpha value is -0.580. The first-order valence-electron chi connectivity index (χ1n) is 7.32. The lowest BCUT2D eigenvalue weighted by Crippen LogP contribution is -2.39. The number of amides is 1. The van der Waals surface area contributed by atoms with Gasteiger partial charge in [0.1, 0.15) is 0 Å². The van der Waals surface area contributed by atoms with Gasteiger partial charge in [-0.2, -0.15) is 0 Å². The molecule has 21 heavy (non-hydrogen) atoms. The van der Waals surface area contributed by atoms with Crippen molar-refractivity contribution in [1.82, 2.24) is 10.2 Å². The summed E-state index contributed by atoms with van der Waals surface area (Å²) in [7, 11) is 1.99. The van der Waals surface area contributed by atoms with Crippen LogP contribution < -0.4 is 5.32 Å². The summed E-state index contributed by atoms with van der Waals surface area (Å²) < 4.78 is 0.903. The summed E-state index contributed by atoms with van der Waals surface area (Å²) in [5.41, 5.74) is 1.95. The lowest BCUT2D eigenvalue weighted by Gasteiger charge is -2.32. The first-order chi connectivity index (χ1) is 9.61. The highest BCUT2D eigenvalue weighted by Gasteiger charge is 2.24. The van der Waals surface area contributed by atoms with Gasteiger partial charge in [0.05, 0.1) is 5.56 Å². The van der Waals surface area contributed by atoms with E-state index in [1.165, 1.54) is 12.0 Å². The average molecular weight is 376 g/mol. The Labute approximate surface area is 142 Å². The van der Waals surface area contributed by atoms with Crippen molar-refractivity contribution in [2.45, 2.75) is 26.2 Å². The van der Waals surface area contributed by atoms with Crippen molar-refractivity contribution in [1.29, 1.82) is 0 Å². The number of nitrogens with zero attached hydrogens (tertiary/aromatic N) is 1. The van der Waals surface area contributed by atoms with Crippen LogP contribution in [0.1, 0.15) is 35.2 Å². The quantitative estimate of drug-likeness (QED) is 0.871. The highest BCUT2D eigenvalue weighted by Crippen LogP contribution is 2.24. The fourth-order valence-corrected chi connectivity index (χ4v) is 3.40. The molecule has 1 N–H and O–H groups in total. The summed E-state index contributed by atoms with van der Waals surface area (Å²) in [6.45, 7) is 4.87. The molecule has 1 heterocycles. The number of benzene rings is 1. The van der Waals surface area contributed by atoms with E-state index in [0.29, 0.717) is 0 Å². The molecule has 0 bridgehead atoms. The molecule has 1 aromatic rings. The summed E-state index contributed by atoms with van der Waals surface area (Å²) in [5.74, 6) is 0.914. The number of halogens is 2. The number of carbonyl (C=O) groups is 1. The van der Waals surface area contributed by atoms with Crippen molar-refractivity contribution >= 4 is 34.2 Å². The van der Waals surface area contributed by atoms with Crippen molar-refractivity contribution < 1.29 is 4.79 Å². The van der Waals surface area contributed by atoms with Crippen molar-refractivity contribution in [3.8, 4) is 0 Å². The summed E-state index contributed by atoms with van der Waals surface area (Å²) in [6, 6.07) is 5.93. The zero-order valence-corrected chi connectivity index (χ0v) is 15.1. The van der Waals surface area contributed by atoms with Gasteiger partial charge in [-0.25, -0.2) is 0 Å². The van der Waals surface area contributed by atoms with Gasteiger partial charge in [-0.15, -0.1) is 12.4 Å². The molecule has 2 rings (SSSR count). The van der Waals surface area contributed by atoms with Crippen LogP contribution in [0.4, 0.5) is 0 Å². The molecule has 1 amide bonds. The van der Waals surface area contributed by atoms with Gasteiger partial charge in [0, 0.05) is 17.6 Å². The average Bonchev–Trinajstić information content (AvgIpc) is 2.45. The fraction of sp³-hybridized carbons (Fsp3) is 0.562. The minimum atomic E-state index is 0. The van der Waals surface area contributed by atoms with Crippen LogP contribution >= 0.6 is 28.3 Å². The van der Waals surface area contributed by atoms with E-state index in [2.05, 4.69) is 21.2 Å². The number of piperidine rings is 1. The molecule has 0 atom stereocenters. The van der Waals surface area contributed by atoms with Crippen LogP contribution in [0, 0.1) is 12.8 Å². The number of nitrogens with one attached hydrogen (secondary N) is 1. The Morgan fingerprint density at radius 1 is 1.38 bits per heavy atom. The highest BCUT2D eigenvalue weighted by atomic mass is 79.9. The van der Waals surface area contributed by atoms with Gasteiger partial charge in [0.15, 0.2) is 0 Å². The van der Waals surface area contributed by atoms with Crippen LogP contribution in [0.2, 0.25) is 0 Å². The number of aryl methyl sites for hydroxylation is 1. The molecule has 1 fully saturated rings. The van der Waals surface area contributed by atoms with E-state index < -0.39 is 0 Å². The molecular formula is C16H24BrClN2O. The Balaban J connectivity index is 0.00000220. The second kappa shape index (κ2) is 8.76. The maximum atomic E-state index is 12.5. The van der Waals surface area contributed by atoms with Gasteiger partial charge in [-0.3, -0.25) is 4.79 Å². The van der Waals surface area contributed by atoms with Gasteiger partial charge >= 0.3 is 0 Å². The van der Waals surface area contributed by atoms with Crippen LogP contribution in [0.25, 0.3) is 0 Å². The molecule has 5 heteroatoms. The van der Waals surface area contributed by atoms with E-state index >= 15 is 0 Å². The molecule has 1 aromatic carbocycles. The number of carbonyl (C=O) groups excluding carboxylic acids is 1. The summed E-state index contributed by atoms with van der Waals surface area (Å²) in [5, 5.41) is 3.20. The second-order valence-electron chi connectivity index (χ2n) is 5.61. The Bertz CT molecular complexity index is 473. The van der Waals surface area contributed by atoms with Crippen LogP contribution in [-0.4, -0.2) is 37.5 Å². The van der Waals surface area contributed by atoms with Crippen molar-refractivity contribution in [2.75, 3.05) is 26.7 Å². The van der Waals surface area contributed by atoms with E-state index in [1.807, 2.05) is 37.1 Å². The zero-order valence-electron chi connectivity index (χ0n) is 12.7. The number of rotatable bonds is 4. The molecule has 0 aromatic heterocycles. The molecule has 0 spiro atoms. The van der Waals surface area contributed by atoms with E-state index in [-0.39, 0.29) is 18.3 Å². The topological polar surface area (TPSA) is 32.3 Å². The van der Waals surface area contributed by atoms with Crippen molar-refractivity contribution in [3.63, 3.8) is 0 Å². The Kier molecular flexibility index (Phi) is 7.71. The van der Waals surface area contributed by atoms with Gasteiger partial charge in [0.25, 0.3) is 5.91 Å². The second-order valence-corrected chi connectivity index (χ2v) is 6.47. The molecule has 3 nitrogen and oxygen atoms in total. The zero-order chi connectivity index (χ0) is 14.5. The summed E-state index contributed by atoms with van der Waals surface area (Å²) in [6.07, 6.45) is 3.46. The molecule has 1 aliphatic rings. The van der Waals surface area contributed by atoms with Gasteiger partial charge in [-0.05, 0) is 79.3 Å². The maximum absolute atomic E-state index is 12.5. The first kappa shape index (κ1) is 18.5. The minimum absolute atomic E-state index is 0. The largest absolute Gasteiger partial charge is 0.339 e. The normalized spacial score (nSPS) is 15.7. The van der Waals surface area contributed by atoms with Crippen LogP contribution in [0.3, 0.4) is 0 Å². The van der Waals surface area contributed by atoms with Gasteiger partial charge < -0.3 is 10.2 Å². The molecule has 0 saturated carbocycles. The molecule has 0 radical (unpaired) electrons. The lowest BCUT2D eigenvalue weighted by molar-refractivity contribution is 0.0686. The van der Waals surface area contributed by atoms with Crippen molar-refractivity contribution in [3.05, 3.63) is 33.8 Å². The summed E-state index contributed by atoms with van der Waals surface area (Å²) in [4.78, 5) is 14.5. The molecule has 0 aliphatic carbocycles. The maximum Gasteiger partial charge on any atom is 0.254 e. The summed E-state index contributed by atoms with van der Waals surface area (Å²) >= 11 is 3.50. The third kappa shape index (κ3) is 4.97. The molecular weight excluding hydrogens is 352 g/mol. The molecule has 0 unspecified atom stereocenters. The molecule has 118 valence electrons. The SMILES string of the molecule is CNCCC1CCN(C(=O)c2ccc(C)cc2Br)CC1.Cl. The van der Waals surface area contributed by atoms with Gasteiger partial charge in [-0.1, -0.05) is 6.07 Å². The smallest absolute Gasteiger partial charge is 0.254 e. The minimum Gasteiger partial charge on any atom is -0.339 e. The number of hydrogen-bond acceptors (Lipinski definition) is 2. The monoisotopic (exact) mass is 374 g/mol. The Morgan fingerprint density at radius 3 is 2.62 bits per heavy atom. The van der Waals surface area contributed by atoms with Crippen LogP contribution in [0.15, 0.2) is 22.7 Å². The standard InChI is InChI=1S/C16H23BrN2O.ClH/c1-12-3-4-14(15(17)11-12)16(20)19-9-6-13(7-10-19)5-8-18-2;/h3-4,11,13,18H,5-10H2,1-2H3;1H. The first-order valence-corrected chi connectivity index (χ1v) is 8.11. The van der Waals surface area contributed by atoms with E-state index in [4.69, 9.17) is 0 Å². The predicted molar refractivity (Wildman–Crippen MR) is 93.3 cm³/mol. The van der Waals surface area contributed by atoms with Gasteiger partial charge in [0.2, 0.25) is 0 Å². The van der Waals surface area contributed by atoms with E-state index in [9.17, 15) is 4.79 Å².